The first-order valence-electron chi connectivity index (χ1n) is 9.12. The summed E-state index contributed by atoms with van der Waals surface area (Å²) in [7, 11) is 0. The molecule has 4 unspecified atom stereocenters. The van der Waals surface area contributed by atoms with E-state index in [0.29, 0.717) is 36.7 Å². The molecule has 0 amide bonds. The molecule has 5 aliphatic rings. The van der Waals surface area contributed by atoms with Gasteiger partial charge in [0.05, 0.1) is 6.61 Å². The van der Waals surface area contributed by atoms with Gasteiger partial charge in [-0.05, 0) is 25.5 Å². The van der Waals surface area contributed by atoms with E-state index >= 15 is 0 Å². The van der Waals surface area contributed by atoms with Crippen LogP contribution in [0.15, 0.2) is 41.5 Å². The van der Waals surface area contributed by atoms with Gasteiger partial charge in [-0.3, -0.25) is 9.59 Å². The summed E-state index contributed by atoms with van der Waals surface area (Å²) in [5, 5.41) is 10.2. The Morgan fingerprint density at radius 1 is 1.41 bits per heavy atom. The van der Waals surface area contributed by atoms with Crippen LogP contribution in [-0.2, 0) is 9.53 Å². The number of rotatable bonds is 3. The highest BCUT2D eigenvalue weighted by molar-refractivity contribution is 6.19. The number of benzene rings is 1. The topological polar surface area (TPSA) is 72.8 Å². The largest absolute Gasteiger partial charge is 0.507 e. The van der Waals surface area contributed by atoms with Gasteiger partial charge in [0.25, 0.3) is 0 Å². The quantitative estimate of drug-likeness (QED) is 0.638. The Bertz CT molecular complexity index is 948. The van der Waals surface area contributed by atoms with E-state index in [-0.39, 0.29) is 34.7 Å². The summed E-state index contributed by atoms with van der Waals surface area (Å²) in [5.74, 6) is -0.184. The highest BCUT2D eigenvalue weighted by Crippen LogP contribution is 2.63. The average molecular weight is 387 g/mol. The van der Waals surface area contributed by atoms with Crippen molar-refractivity contribution in [2.45, 2.75) is 31.0 Å². The van der Waals surface area contributed by atoms with Gasteiger partial charge in [0.2, 0.25) is 0 Å². The second-order valence-corrected chi connectivity index (χ2v) is 8.09. The Morgan fingerprint density at radius 2 is 2.22 bits per heavy atom. The third-order valence-electron chi connectivity index (χ3n) is 6.44. The van der Waals surface area contributed by atoms with E-state index in [0.717, 1.165) is 5.57 Å². The predicted octanol–water partition coefficient (Wildman–Crippen LogP) is 3.20. The van der Waals surface area contributed by atoms with Crippen molar-refractivity contribution in [2.24, 2.45) is 11.8 Å². The second kappa shape index (κ2) is 5.46. The van der Waals surface area contributed by atoms with Gasteiger partial charge in [-0.1, -0.05) is 23.8 Å². The van der Waals surface area contributed by atoms with E-state index in [1.54, 1.807) is 18.2 Å². The minimum Gasteiger partial charge on any atom is -0.507 e. The molecule has 27 heavy (non-hydrogen) atoms. The van der Waals surface area contributed by atoms with Crippen molar-refractivity contribution in [3.05, 3.63) is 47.1 Å². The van der Waals surface area contributed by atoms with E-state index in [1.807, 2.05) is 13.0 Å². The summed E-state index contributed by atoms with van der Waals surface area (Å²) in [4.78, 5) is 26.6. The van der Waals surface area contributed by atoms with Crippen LogP contribution in [0.4, 0.5) is 0 Å². The lowest BCUT2D eigenvalue weighted by Crippen LogP contribution is -2.71. The Kier molecular flexibility index (Phi) is 3.44. The lowest BCUT2D eigenvalue weighted by molar-refractivity contribution is -0.165. The molecule has 1 saturated carbocycles. The van der Waals surface area contributed by atoms with E-state index < -0.39 is 11.2 Å². The molecule has 2 fully saturated rings. The summed E-state index contributed by atoms with van der Waals surface area (Å²) in [6.07, 6.45) is 4.58. The number of phenols is 1. The molecule has 1 spiro atoms. The van der Waals surface area contributed by atoms with Crippen molar-refractivity contribution in [1.29, 1.82) is 0 Å². The maximum absolute atomic E-state index is 13.3. The molecule has 1 aromatic rings. The number of allylic oxidation sites excluding steroid dienone is 2. The molecule has 3 aliphatic carbocycles. The molecule has 5 nitrogen and oxygen atoms in total. The van der Waals surface area contributed by atoms with Gasteiger partial charge in [-0.15, -0.1) is 11.6 Å². The van der Waals surface area contributed by atoms with Crippen LogP contribution >= 0.6 is 11.6 Å². The van der Waals surface area contributed by atoms with Crippen LogP contribution in [-0.4, -0.2) is 40.4 Å². The minimum atomic E-state index is -1.23. The third kappa shape index (κ3) is 1.89. The summed E-state index contributed by atoms with van der Waals surface area (Å²) >= 11 is 5.91. The predicted molar refractivity (Wildman–Crippen MR) is 98.3 cm³/mol. The van der Waals surface area contributed by atoms with Gasteiger partial charge in [0.1, 0.15) is 17.1 Å². The summed E-state index contributed by atoms with van der Waals surface area (Å²) in [6.45, 7) is 2.27. The average Bonchev–Trinajstić information content (AvgIpc) is 2.91. The number of ketones is 2. The fraction of sp³-hybridized carbons (Fsp3) is 0.429. The Balaban J connectivity index is 1.74. The third-order valence-corrected chi connectivity index (χ3v) is 6.86. The van der Waals surface area contributed by atoms with Crippen LogP contribution in [0.2, 0.25) is 0 Å². The summed E-state index contributed by atoms with van der Waals surface area (Å²) in [6, 6.07) is 4.77. The lowest BCUT2D eigenvalue weighted by atomic mass is 9.53. The number of fused-ring (bicyclic) bond motifs is 1. The molecule has 4 bridgehead atoms. The van der Waals surface area contributed by atoms with Gasteiger partial charge in [0, 0.05) is 29.7 Å². The fourth-order valence-corrected chi connectivity index (χ4v) is 5.30. The number of ether oxygens (including phenoxy) is 2. The molecule has 2 heterocycles. The van der Waals surface area contributed by atoms with E-state index in [1.165, 1.54) is 6.07 Å². The normalized spacial score (nSPS) is 36.2. The van der Waals surface area contributed by atoms with Gasteiger partial charge in [0.15, 0.2) is 22.8 Å². The smallest absolute Gasteiger partial charge is 0.200 e. The molecule has 1 aromatic carbocycles. The highest BCUT2D eigenvalue weighted by atomic mass is 35.5. The molecule has 4 atom stereocenters. The summed E-state index contributed by atoms with van der Waals surface area (Å²) < 4.78 is 12.6. The number of Topliss-reactive ketones (excluding diaryl/α,β-unsaturated/α-hetero) is 2. The Labute approximate surface area is 161 Å². The number of hydrogen-bond donors (Lipinski definition) is 1. The van der Waals surface area contributed by atoms with E-state index in [9.17, 15) is 14.7 Å². The van der Waals surface area contributed by atoms with Crippen molar-refractivity contribution in [2.75, 3.05) is 12.5 Å². The number of aromatic hydroxyl groups is 1. The molecule has 140 valence electrons. The standard InChI is InChI=1S/C21H19ClO5/c1-11(9-22)5-6-20-19(25)12-7-13(10-26-20)21(20)14(8-12)18(24)17-15(23)3-2-4-16(17)27-21/h2-5,8,12-13,23H,6-7,9-10H2,1H3/b11-5+. The van der Waals surface area contributed by atoms with Crippen LogP contribution < -0.4 is 4.74 Å². The van der Waals surface area contributed by atoms with Gasteiger partial charge >= 0.3 is 0 Å². The maximum atomic E-state index is 13.3. The monoisotopic (exact) mass is 386 g/mol. The van der Waals surface area contributed by atoms with Crippen molar-refractivity contribution in [1.82, 2.24) is 0 Å². The van der Waals surface area contributed by atoms with Crippen molar-refractivity contribution < 1.29 is 24.2 Å². The van der Waals surface area contributed by atoms with Crippen molar-refractivity contribution in [3.8, 4) is 11.5 Å². The van der Waals surface area contributed by atoms with Crippen molar-refractivity contribution in [3.63, 3.8) is 0 Å². The zero-order chi connectivity index (χ0) is 19.0. The molecule has 0 aromatic heterocycles. The van der Waals surface area contributed by atoms with Crippen LogP contribution in [0.5, 0.6) is 11.5 Å². The molecule has 6 rings (SSSR count). The number of halogens is 1. The van der Waals surface area contributed by atoms with Crippen LogP contribution in [0.3, 0.4) is 0 Å². The van der Waals surface area contributed by atoms with Gasteiger partial charge < -0.3 is 14.6 Å². The Morgan fingerprint density at radius 3 is 3.00 bits per heavy atom. The molecule has 1 N–H and O–H groups in total. The molecule has 2 aliphatic heterocycles. The first-order valence-corrected chi connectivity index (χ1v) is 9.66. The van der Waals surface area contributed by atoms with Gasteiger partial charge in [-0.25, -0.2) is 0 Å². The van der Waals surface area contributed by atoms with E-state index in [2.05, 4.69) is 0 Å². The SMILES string of the molecule is C/C(=C\CC12OCC3CC(C=C4C(=O)c5c(O)cccc5OC431)C2=O)CCl. The second-order valence-electron chi connectivity index (χ2n) is 7.83. The van der Waals surface area contributed by atoms with Crippen LogP contribution in [0, 0.1) is 11.8 Å². The van der Waals surface area contributed by atoms with E-state index in [4.69, 9.17) is 21.1 Å². The zero-order valence-electron chi connectivity index (χ0n) is 14.8. The van der Waals surface area contributed by atoms with Gasteiger partial charge in [-0.2, -0.15) is 0 Å². The zero-order valence-corrected chi connectivity index (χ0v) is 15.6. The molecular formula is C21H19ClO5. The number of hydrogen-bond acceptors (Lipinski definition) is 5. The number of carbonyl (C=O) groups is 2. The Hall–Kier alpha value is -2.11. The first kappa shape index (κ1) is 17.0. The number of carbonyl (C=O) groups excluding carboxylic acids is 2. The molecule has 1 saturated heterocycles. The molecule has 6 heteroatoms. The minimum absolute atomic E-state index is 0.0324. The first-order chi connectivity index (χ1) is 12.9. The fourth-order valence-electron chi connectivity index (χ4n) is 5.19. The van der Waals surface area contributed by atoms with Crippen molar-refractivity contribution >= 4 is 23.2 Å². The van der Waals surface area contributed by atoms with Crippen LogP contribution in [0.1, 0.15) is 30.1 Å². The number of alkyl halides is 1. The molecular weight excluding hydrogens is 368 g/mol. The maximum Gasteiger partial charge on any atom is 0.200 e. The number of phenolic OH excluding ortho intramolecular Hbond substituents is 1. The summed E-state index contributed by atoms with van der Waals surface area (Å²) in [5.41, 5.74) is -0.811. The molecule has 0 radical (unpaired) electrons. The highest BCUT2D eigenvalue weighted by Gasteiger charge is 2.76. The van der Waals surface area contributed by atoms with Crippen LogP contribution in [0.25, 0.3) is 0 Å². The lowest BCUT2D eigenvalue weighted by Gasteiger charge is -2.55.